The zero-order valence-corrected chi connectivity index (χ0v) is 6.07. The average Bonchev–Trinajstić information content (AvgIpc) is 2.30. The van der Waals surface area contributed by atoms with Gasteiger partial charge in [-0.3, -0.25) is 4.98 Å². The van der Waals surface area contributed by atoms with E-state index >= 15 is 0 Å². The zero-order chi connectivity index (χ0) is 7.84. The second-order valence-electron chi connectivity index (χ2n) is 2.84. The fraction of sp³-hybridized carbons (Fsp3) is 0.375. The van der Waals surface area contributed by atoms with Gasteiger partial charge in [0.15, 0.2) is 0 Å². The van der Waals surface area contributed by atoms with Gasteiger partial charge in [0.05, 0.1) is 17.8 Å². The van der Waals surface area contributed by atoms with Crippen molar-refractivity contribution in [3.05, 3.63) is 29.6 Å². The molecule has 1 aromatic rings. The van der Waals surface area contributed by atoms with Gasteiger partial charge in [-0.05, 0) is 12.5 Å². The average molecular weight is 150 g/mol. The van der Waals surface area contributed by atoms with Crippen LogP contribution in [0.1, 0.15) is 29.8 Å². The van der Waals surface area contributed by atoms with Gasteiger partial charge in [-0.25, -0.2) is 0 Å². The summed E-state index contributed by atoms with van der Waals surface area (Å²) in [4.78, 5) is 4.11. The van der Waals surface area contributed by atoms with E-state index in [2.05, 4.69) is 4.98 Å². The van der Waals surface area contributed by atoms with Gasteiger partial charge in [0.2, 0.25) is 0 Å². The van der Waals surface area contributed by atoms with E-state index in [1.807, 2.05) is 12.1 Å². The number of nitrogens with two attached hydrogens (primary N) is 1. The highest BCUT2D eigenvalue weighted by molar-refractivity contribution is 5.29. The van der Waals surface area contributed by atoms with E-state index in [1.54, 1.807) is 6.20 Å². The van der Waals surface area contributed by atoms with Crippen LogP contribution in [0.4, 0.5) is 0 Å². The molecule has 0 radical (unpaired) electrons. The quantitative estimate of drug-likeness (QED) is 0.566. The summed E-state index contributed by atoms with van der Waals surface area (Å²) in [7, 11) is 0. The molecule has 0 bridgehead atoms. The smallest absolute Gasteiger partial charge is 0.0826 e. The summed E-state index contributed by atoms with van der Waals surface area (Å²) in [5.41, 5.74) is 7.45. The van der Waals surface area contributed by atoms with Crippen LogP contribution in [-0.2, 0) is 0 Å². The van der Waals surface area contributed by atoms with Gasteiger partial charge < -0.3 is 10.8 Å². The fourth-order valence-corrected chi connectivity index (χ4v) is 1.50. The fourth-order valence-electron chi connectivity index (χ4n) is 1.50. The molecule has 1 aliphatic carbocycles. The van der Waals surface area contributed by atoms with Crippen molar-refractivity contribution in [3.8, 4) is 0 Å². The van der Waals surface area contributed by atoms with Crippen LogP contribution in [0, 0.1) is 0 Å². The lowest BCUT2D eigenvalue weighted by Gasteiger charge is -2.00. The SMILES string of the molecule is NC1CC(O)c2cccnc21. The predicted molar refractivity (Wildman–Crippen MR) is 40.7 cm³/mol. The Kier molecular flexibility index (Phi) is 1.41. The van der Waals surface area contributed by atoms with Gasteiger partial charge in [0.25, 0.3) is 0 Å². The van der Waals surface area contributed by atoms with Crippen LogP contribution in [0.5, 0.6) is 0 Å². The van der Waals surface area contributed by atoms with Gasteiger partial charge >= 0.3 is 0 Å². The van der Waals surface area contributed by atoms with Gasteiger partial charge in [0, 0.05) is 11.8 Å². The van der Waals surface area contributed by atoms with E-state index in [-0.39, 0.29) is 6.04 Å². The molecule has 1 aliphatic rings. The van der Waals surface area contributed by atoms with Crippen molar-refractivity contribution in [3.63, 3.8) is 0 Å². The lowest BCUT2D eigenvalue weighted by molar-refractivity contribution is 0.173. The van der Waals surface area contributed by atoms with Gasteiger partial charge in [0.1, 0.15) is 0 Å². The van der Waals surface area contributed by atoms with Crippen LogP contribution in [-0.4, -0.2) is 10.1 Å². The number of fused-ring (bicyclic) bond motifs is 1. The topological polar surface area (TPSA) is 59.1 Å². The molecule has 2 rings (SSSR count). The number of rotatable bonds is 0. The van der Waals surface area contributed by atoms with Crippen LogP contribution < -0.4 is 5.73 Å². The number of aliphatic hydroxyl groups excluding tert-OH is 1. The van der Waals surface area contributed by atoms with E-state index < -0.39 is 6.10 Å². The molecule has 3 N–H and O–H groups in total. The molecule has 2 unspecified atom stereocenters. The summed E-state index contributed by atoms with van der Waals surface area (Å²) < 4.78 is 0. The molecule has 58 valence electrons. The minimum absolute atomic E-state index is 0.0822. The molecular formula is C8H10N2O. The van der Waals surface area contributed by atoms with E-state index in [9.17, 15) is 5.11 Å². The highest BCUT2D eigenvalue weighted by Crippen LogP contribution is 2.34. The number of hydrogen-bond donors (Lipinski definition) is 2. The summed E-state index contributed by atoms with van der Waals surface area (Å²) in [6.45, 7) is 0. The van der Waals surface area contributed by atoms with Crippen LogP contribution >= 0.6 is 0 Å². The Labute approximate surface area is 64.9 Å². The van der Waals surface area contributed by atoms with Gasteiger partial charge in [-0.1, -0.05) is 6.07 Å². The van der Waals surface area contributed by atoms with Crippen molar-refractivity contribution in [2.24, 2.45) is 5.73 Å². The van der Waals surface area contributed by atoms with Gasteiger partial charge in [-0.2, -0.15) is 0 Å². The second kappa shape index (κ2) is 2.29. The lowest BCUT2D eigenvalue weighted by Crippen LogP contribution is -2.06. The molecule has 1 heterocycles. The van der Waals surface area contributed by atoms with E-state index in [0.29, 0.717) is 6.42 Å². The normalized spacial score (nSPS) is 28.5. The summed E-state index contributed by atoms with van der Waals surface area (Å²) >= 11 is 0. The van der Waals surface area contributed by atoms with Crippen LogP contribution in [0.2, 0.25) is 0 Å². The molecule has 3 heteroatoms. The van der Waals surface area contributed by atoms with Crippen molar-refractivity contribution >= 4 is 0 Å². The molecule has 0 fully saturated rings. The lowest BCUT2D eigenvalue weighted by atomic mass is 10.2. The zero-order valence-electron chi connectivity index (χ0n) is 6.07. The third kappa shape index (κ3) is 0.931. The summed E-state index contributed by atoms with van der Waals surface area (Å²) in [5.74, 6) is 0. The first kappa shape index (κ1) is 6.76. The standard InChI is InChI=1S/C8H10N2O/c9-6-4-7(11)5-2-1-3-10-8(5)6/h1-3,6-7,11H,4,9H2. The summed E-state index contributed by atoms with van der Waals surface area (Å²) in [5, 5.41) is 9.43. The Morgan fingerprint density at radius 2 is 2.45 bits per heavy atom. The maximum atomic E-state index is 9.43. The van der Waals surface area contributed by atoms with Crippen LogP contribution in [0.3, 0.4) is 0 Å². The Bertz CT molecular complexity index is 248. The largest absolute Gasteiger partial charge is 0.388 e. The van der Waals surface area contributed by atoms with Crippen molar-refractivity contribution in [1.82, 2.24) is 4.98 Å². The van der Waals surface area contributed by atoms with E-state index in [0.717, 1.165) is 11.3 Å². The van der Waals surface area contributed by atoms with Crippen LogP contribution in [0.25, 0.3) is 0 Å². The second-order valence-corrected chi connectivity index (χ2v) is 2.84. The van der Waals surface area contributed by atoms with Crippen LogP contribution in [0.15, 0.2) is 18.3 Å². The first-order valence-corrected chi connectivity index (χ1v) is 3.67. The molecule has 3 nitrogen and oxygen atoms in total. The predicted octanol–water partition coefficient (Wildman–Crippen LogP) is 0.518. The summed E-state index contributed by atoms with van der Waals surface area (Å²) in [6, 6.07) is 3.61. The number of hydrogen-bond acceptors (Lipinski definition) is 3. The van der Waals surface area contributed by atoms with Crippen molar-refractivity contribution in [2.75, 3.05) is 0 Å². The number of nitrogens with zero attached hydrogens (tertiary/aromatic N) is 1. The minimum atomic E-state index is -0.409. The molecule has 0 saturated carbocycles. The third-order valence-corrected chi connectivity index (χ3v) is 2.06. The molecule has 1 aromatic heterocycles. The van der Waals surface area contributed by atoms with Gasteiger partial charge in [-0.15, -0.1) is 0 Å². The molecule has 0 spiro atoms. The highest BCUT2D eigenvalue weighted by Gasteiger charge is 2.27. The Morgan fingerprint density at radius 1 is 1.64 bits per heavy atom. The van der Waals surface area contributed by atoms with Crippen molar-refractivity contribution in [2.45, 2.75) is 18.6 Å². The minimum Gasteiger partial charge on any atom is -0.388 e. The highest BCUT2D eigenvalue weighted by atomic mass is 16.3. The molecule has 11 heavy (non-hydrogen) atoms. The molecule has 2 atom stereocenters. The summed E-state index contributed by atoms with van der Waals surface area (Å²) in [6.07, 6.45) is 1.90. The molecule has 0 aromatic carbocycles. The Balaban J connectivity index is 2.52. The van der Waals surface area contributed by atoms with Crippen molar-refractivity contribution < 1.29 is 5.11 Å². The van der Waals surface area contributed by atoms with E-state index in [1.165, 1.54) is 0 Å². The molecule has 0 amide bonds. The number of pyridine rings is 1. The monoisotopic (exact) mass is 150 g/mol. The molecule has 0 aliphatic heterocycles. The third-order valence-electron chi connectivity index (χ3n) is 2.06. The Morgan fingerprint density at radius 3 is 3.18 bits per heavy atom. The maximum absolute atomic E-state index is 9.43. The van der Waals surface area contributed by atoms with E-state index in [4.69, 9.17) is 5.73 Å². The first-order valence-electron chi connectivity index (χ1n) is 3.67. The maximum Gasteiger partial charge on any atom is 0.0826 e. The number of aliphatic hydroxyl groups is 1. The Hall–Kier alpha value is -0.930. The molecular weight excluding hydrogens is 140 g/mol. The van der Waals surface area contributed by atoms with Crippen molar-refractivity contribution in [1.29, 1.82) is 0 Å². The number of aromatic nitrogens is 1. The molecule has 0 saturated heterocycles. The first-order chi connectivity index (χ1) is 5.29.